The molecule has 0 radical (unpaired) electrons. The summed E-state index contributed by atoms with van der Waals surface area (Å²) < 4.78 is 25.8. The average molecular weight is 272 g/mol. The monoisotopic (exact) mass is 272 g/mol. The number of benzene rings is 1. The molecule has 1 N–H and O–H groups in total. The number of para-hydroxylation sites is 1. The van der Waals surface area contributed by atoms with Gasteiger partial charge in [-0.15, -0.1) is 0 Å². The van der Waals surface area contributed by atoms with Gasteiger partial charge in [0.15, 0.2) is 4.90 Å². The van der Waals surface area contributed by atoms with Crippen molar-refractivity contribution >= 4 is 22.0 Å². The van der Waals surface area contributed by atoms with Crippen LogP contribution in [0.4, 0.5) is 5.69 Å². The molecule has 0 bridgehead atoms. The molecule has 7 nitrogen and oxygen atoms in total. The third-order valence-electron chi connectivity index (χ3n) is 2.14. The molecule has 0 saturated heterocycles. The van der Waals surface area contributed by atoms with Crippen molar-refractivity contribution in [2.75, 3.05) is 6.54 Å². The fourth-order valence-corrected chi connectivity index (χ4v) is 2.55. The maximum absolute atomic E-state index is 11.8. The molecule has 0 saturated carbocycles. The van der Waals surface area contributed by atoms with E-state index >= 15 is 0 Å². The van der Waals surface area contributed by atoms with Gasteiger partial charge in [-0.3, -0.25) is 10.1 Å². The lowest BCUT2D eigenvalue weighted by molar-refractivity contribution is -0.387. The molecule has 0 aliphatic heterocycles. The van der Waals surface area contributed by atoms with Crippen LogP contribution in [0.3, 0.4) is 0 Å². The molecule has 18 heavy (non-hydrogen) atoms. The number of hydrogen-bond acceptors (Lipinski definition) is 5. The standard InChI is InChI=1S/C10H12N2O5S/c13-8-4-3-7-11-18(16,17)10-6-2-1-5-9(10)12(14)15/h1-2,5-6,8,11H,3-4,7H2. The van der Waals surface area contributed by atoms with Gasteiger partial charge in [-0.25, -0.2) is 13.1 Å². The molecule has 0 unspecified atom stereocenters. The third-order valence-corrected chi connectivity index (χ3v) is 3.65. The summed E-state index contributed by atoms with van der Waals surface area (Å²) in [5, 5.41) is 10.7. The van der Waals surface area contributed by atoms with E-state index in [2.05, 4.69) is 4.72 Å². The molecule has 0 atom stereocenters. The number of nitro groups is 1. The number of unbranched alkanes of at least 4 members (excludes halogenated alkanes) is 1. The quantitative estimate of drug-likeness (QED) is 0.343. The van der Waals surface area contributed by atoms with Crippen LogP contribution in [-0.2, 0) is 14.8 Å². The van der Waals surface area contributed by atoms with Gasteiger partial charge in [0.1, 0.15) is 6.29 Å². The molecular formula is C10H12N2O5S. The Labute approximate surface area is 104 Å². The maximum Gasteiger partial charge on any atom is 0.289 e. The highest BCUT2D eigenvalue weighted by Crippen LogP contribution is 2.22. The van der Waals surface area contributed by atoms with E-state index < -0.39 is 20.6 Å². The highest BCUT2D eigenvalue weighted by atomic mass is 32.2. The highest BCUT2D eigenvalue weighted by Gasteiger charge is 2.24. The van der Waals surface area contributed by atoms with Crippen LogP contribution >= 0.6 is 0 Å². The van der Waals surface area contributed by atoms with Gasteiger partial charge in [-0.2, -0.15) is 0 Å². The van der Waals surface area contributed by atoms with Crippen LogP contribution in [0.5, 0.6) is 0 Å². The minimum absolute atomic E-state index is 0.0626. The van der Waals surface area contributed by atoms with Gasteiger partial charge in [0.25, 0.3) is 5.69 Å². The molecule has 1 rings (SSSR count). The first kappa shape index (κ1) is 14.3. The molecule has 0 spiro atoms. The van der Waals surface area contributed by atoms with Crippen LogP contribution in [0.2, 0.25) is 0 Å². The summed E-state index contributed by atoms with van der Waals surface area (Å²) >= 11 is 0. The molecule has 8 heteroatoms. The number of nitro benzene ring substituents is 1. The normalized spacial score (nSPS) is 11.1. The Hall–Kier alpha value is -1.80. The fourth-order valence-electron chi connectivity index (χ4n) is 1.30. The lowest BCUT2D eigenvalue weighted by Gasteiger charge is -2.06. The largest absolute Gasteiger partial charge is 0.303 e. The molecule has 0 aliphatic rings. The van der Waals surface area contributed by atoms with Crippen LogP contribution in [0.25, 0.3) is 0 Å². The molecule has 1 aromatic carbocycles. The summed E-state index contributed by atoms with van der Waals surface area (Å²) in [7, 11) is -3.92. The number of aldehydes is 1. The Morgan fingerprint density at radius 1 is 1.33 bits per heavy atom. The van der Waals surface area contributed by atoms with Crippen molar-refractivity contribution in [1.29, 1.82) is 0 Å². The number of nitrogens with one attached hydrogen (secondary N) is 1. The number of carbonyl (C=O) groups excluding carboxylic acids is 1. The number of carbonyl (C=O) groups is 1. The molecule has 0 aliphatic carbocycles. The predicted octanol–water partition coefficient (Wildman–Crippen LogP) is 0.852. The molecule has 0 heterocycles. The lowest BCUT2D eigenvalue weighted by Crippen LogP contribution is -2.25. The molecule has 0 amide bonds. The zero-order valence-electron chi connectivity index (χ0n) is 9.40. The summed E-state index contributed by atoms with van der Waals surface area (Å²) in [6.07, 6.45) is 1.27. The maximum atomic E-state index is 11.8. The number of rotatable bonds is 7. The Bertz CT molecular complexity index is 541. The van der Waals surface area contributed by atoms with Crippen molar-refractivity contribution in [2.45, 2.75) is 17.7 Å². The van der Waals surface area contributed by atoms with Gasteiger partial charge in [0.2, 0.25) is 10.0 Å². The molecule has 1 aromatic rings. The van der Waals surface area contributed by atoms with E-state index in [-0.39, 0.29) is 17.9 Å². The summed E-state index contributed by atoms with van der Waals surface area (Å²) in [6.45, 7) is 0.0626. The second-order valence-corrected chi connectivity index (χ2v) is 5.17. The first-order valence-electron chi connectivity index (χ1n) is 5.16. The van der Waals surface area contributed by atoms with Gasteiger partial charge < -0.3 is 4.79 Å². The topological polar surface area (TPSA) is 106 Å². The van der Waals surface area contributed by atoms with Crippen molar-refractivity contribution in [1.82, 2.24) is 4.72 Å². The molecular weight excluding hydrogens is 260 g/mol. The fraction of sp³-hybridized carbons (Fsp3) is 0.300. The summed E-state index contributed by atoms with van der Waals surface area (Å²) in [4.78, 5) is 19.7. The lowest BCUT2D eigenvalue weighted by atomic mass is 10.3. The minimum atomic E-state index is -3.92. The van der Waals surface area contributed by atoms with E-state index in [1.807, 2.05) is 0 Å². The van der Waals surface area contributed by atoms with Crippen LogP contribution < -0.4 is 4.72 Å². The Kier molecular flexibility index (Phi) is 4.93. The molecule has 0 aromatic heterocycles. The van der Waals surface area contributed by atoms with Crippen molar-refractivity contribution in [3.63, 3.8) is 0 Å². The van der Waals surface area contributed by atoms with E-state index in [0.29, 0.717) is 12.7 Å². The van der Waals surface area contributed by atoms with Crippen LogP contribution in [-0.4, -0.2) is 26.2 Å². The first-order valence-corrected chi connectivity index (χ1v) is 6.64. The third kappa shape index (κ3) is 3.60. The first-order chi connectivity index (χ1) is 8.49. The van der Waals surface area contributed by atoms with E-state index in [4.69, 9.17) is 0 Å². The highest BCUT2D eigenvalue weighted by molar-refractivity contribution is 7.89. The molecule has 98 valence electrons. The van der Waals surface area contributed by atoms with E-state index in [9.17, 15) is 23.3 Å². The molecule has 0 fully saturated rings. The van der Waals surface area contributed by atoms with Gasteiger partial charge >= 0.3 is 0 Å². The zero-order valence-corrected chi connectivity index (χ0v) is 10.2. The predicted molar refractivity (Wildman–Crippen MR) is 63.6 cm³/mol. The number of sulfonamides is 1. The van der Waals surface area contributed by atoms with E-state index in [1.54, 1.807) is 0 Å². The van der Waals surface area contributed by atoms with Crippen LogP contribution in [0.15, 0.2) is 29.2 Å². The number of hydrogen-bond donors (Lipinski definition) is 1. The van der Waals surface area contributed by atoms with Gasteiger partial charge in [-0.1, -0.05) is 12.1 Å². The number of nitrogens with zero attached hydrogens (tertiary/aromatic N) is 1. The van der Waals surface area contributed by atoms with Crippen LogP contribution in [0.1, 0.15) is 12.8 Å². The van der Waals surface area contributed by atoms with E-state index in [0.717, 1.165) is 6.07 Å². The minimum Gasteiger partial charge on any atom is -0.303 e. The zero-order chi connectivity index (χ0) is 13.6. The van der Waals surface area contributed by atoms with E-state index in [1.165, 1.54) is 18.2 Å². The van der Waals surface area contributed by atoms with Crippen LogP contribution in [0, 0.1) is 10.1 Å². The second-order valence-electron chi connectivity index (χ2n) is 3.43. The second kappa shape index (κ2) is 6.22. The van der Waals surface area contributed by atoms with Gasteiger partial charge in [0.05, 0.1) is 4.92 Å². The van der Waals surface area contributed by atoms with Crippen molar-refractivity contribution in [3.05, 3.63) is 34.4 Å². The Balaban J connectivity index is 2.91. The van der Waals surface area contributed by atoms with Crippen molar-refractivity contribution in [2.24, 2.45) is 0 Å². The summed E-state index contributed by atoms with van der Waals surface area (Å²) in [5.74, 6) is 0. The SMILES string of the molecule is O=CCCCNS(=O)(=O)c1ccccc1[N+](=O)[O-]. The Morgan fingerprint density at radius 3 is 2.61 bits per heavy atom. The summed E-state index contributed by atoms with van der Waals surface area (Å²) in [5.41, 5.74) is -0.472. The van der Waals surface area contributed by atoms with Crippen molar-refractivity contribution in [3.8, 4) is 0 Å². The van der Waals surface area contributed by atoms with Gasteiger partial charge in [-0.05, 0) is 12.5 Å². The van der Waals surface area contributed by atoms with Gasteiger partial charge in [0, 0.05) is 19.0 Å². The Morgan fingerprint density at radius 2 is 2.00 bits per heavy atom. The average Bonchev–Trinajstić information content (AvgIpc) is 2.35. The summed E-state index contributed by atoms with van der Waals surface area (Å²) in [6, 6.07) is 5.09. The smallest absolute Gasteiger partial charge is 0.289 e. The van der Waals surface area contributed by atoms with Crippen molar-refractivity contribution < 1.29 is 18.1 Å².